The quantitative estimate of drug-likeness (QED) is 0.638. The van der Waals surface area contributed by atoms with Crippen molar-refractivity contribution in [2.75, 3.05) is 5.32 Å². The molecule has 0 saturated heterocycles. The minimum absolute atomic E-state index is 0.0655. The topological polar surface area (TPSA) is 68.1 Å². The maximum atomic E-state index is 11.1. The van der Waals surface area contributed by atoms with E-state index in [1.165, 1.54) is 17.8 Å². The fourth-order valence-electron chi connectivity index (χ4n) is 1.85. The number of anilines is 2. The molecule has 0 aliphatic rings. The highest BCUT2D eigenvalue weighted by Crippen LogP contribution is 2.29. The summed E-state index contributed by atoms with van der Waals surface area (Å²) in [5.41, 5.74) is 1.97. The number of nitro groups is 1. The largest absolute Gasteiger partial charge is 0.334 e. The standard InChI is InChI=1S/C15H16BrN3O2/c1-15(2,3)10-4-6-12(7-5-10)18-14-13(19(20)21)8-11(16)9-17-14/h4-9H,1-3H3,(H,17,18). The molecule has 0 aliphatic carbocycles. The Balaban J connectivity index is 2.28. The zero-order valence-electron chi connectivity index (χ0n) is 12.1. The number of hydrogen-bond acceptors (Lipinski definition) is 4. The first kappa shape index (κ1) is 15.4. The van der Waals surface area contributed by atoms with Crippen LogP contribution in [0.25, 0.3) is 0 Å². The van der Waals surface area contributed by atoms with Crippen molar-refractivity contribution in [3.63, 3.8) is 0 Å². The Kier molecular flexibility index (Phi) is 4.27. The van der Waals surface area contributed by atoms with E-state index in [2.05, 4.69) is 47.0 Å². The van der Waals surface area contributed by atoms with Crippen molar-refractivity contribution in [3.8, 4) is 0 Å². The molecular formula is C15H16BrN3O2. The Morgan fingerprint density at radius 2 is 1.86 bits per heavy atom. The molecule has 1 N–H and O–H groups in total. The molecule has 6 heteroatoms. The summed E-state index contributed by atoms with van der Waals surface area (Å²) in [5.74, 6) is 0.228. The van der Waals surface area contributed by atoms with Gasteiger partial charge >= 0.3 is 5.69 Å². The molecular weight excluding hydrogens is 334 g/mol. The van der Waals surface area contributed by atoms with Gasteiger partial charge in [0.15, 0.2) is 0 Å². The molecule has 0 bridgehead atoms. The van der Waals surface area contributed by atoms with Crippen LogP contribution in [0.5, 0.6) is 0 Å². The molecule has 21 heavy (non-hydrogen) atoms. The van der Waals surface area contributed by atoms with Gasteiger partial charge in [-0.15, -0.1) is 0 Å². The normalized spacial score (nSPS) is 11.2. The third kappa shape index (κ3) is 3.78. The molecule has 110 valence electrons. The second-order valence-electron chi connectivity index (χ2n) is 5.73. The molecule has 0 saturated carbocycles. The van der Waals surface area contributed by atoms with Gasteiger partial charge in [-0.3, -0.25) is 10.1 Å². The summed E-state index contributed by atoms with van der Waals surface area (Å²) in [6.45, 7) is 6.41. The first-order valence-corrected chi connectivity index (χ1v) is 7.24. The molecule has 2 aromatic rings. The van der Waals surface area contributed by atoms with Gasteiger partial charge in [0.05, 0.1) is 4.92 Å². The van der Waals surface area contributed by atoms with Gasteiger partial charge in [0.1, 0.15) is 0 Å². The highest BCUT2D eigenvalue weighted by Gasteiger charge is 2.17. The lowest BCUT2D eigenvalue weighted by Crippen LogP contribution is -2.10. The summed E-state index contributed by atoms with van der Waals surface area (Å²) >= 11 is 3.19. The van der Waals surface area contributed by atoms with Crippen LogP contribution < -0.4 is 5.32 Å². The number of rotatable bonds is 3. The van der Waals surface area contributed by atoms with Crippen molar-refractivity contribution in [1.82, 2.24) is 4.98 Å². The number of halogens is 1. The number of nitrogens with one attached hydrogen (secondary N) is 1. The average molecular weight is 350 g/mol. The minimum Gasteiger partial charge on any atom is -0.334 e. The second-order valence-corrected chi connectivity index (χ2v) is 6.65. The molecule has 1 aromatic heterocycles. The lowest BCUT2D eigenvalue weighted by molar-refractivity contribution is -0.384. The van der Waals surface area contributed by atoms with Crippen molar-refractivity contribution < 1.29 is 4.92 Å². The maximum absolute atomic E-state index is 11.1. The van der Waals surface area contributed by atoms with Gasteiger partial charge in [-0.25, -0.2) is 4.98 Å². The van der Waals surface area contributed by atoms with Crippen molar-refractivity contribution >= 4 is 33.1 Å². The van der Waals surface area contributed by atoms with Crippen LogP contribution in [0.1, 0.15) is 26.3 Å². The molecule has 0 atom stereocenters. The van der Waals surface area contributed by atoms with E-state index in [0.717, 1.165) is 5.69 Å². The van der Waals surface area contributed by atoms with Crippen LogP contribution >= 0.6 is 15.9 Å². The number of nitrogens with zero attached hydrogens (tertiary/aromatic N) is 2. The van der Waals surface area contributed by atoms with E-state index in [1.807, 2.05) is 24.3 Å². The number of benzene rings is 1. The van der Waals surface area contributed by atoms with E-state index in [9.17, 15) is 10.1 Å². The fourth-order valence-corrected chi connectivity index (χ4v) is 2.17. The van der Waals surface area contributed by atoms with Crippen molar-refractivity contribution in [1.29, 1.82) is 0 Å². The molecule has 0 amide bonds. The SMILES string of the molecule is CC(C)(C)c1ccc(Nc2ncc(Br)cc2[N+](=O)[O-])cc1. The van der Waals surface area contributed by atoms with E-state index >= 15 is 0 Å². The molecule has 0 radical (unpaired) electrons. The Morgan fingerprint density at radius 3 is 2.38 bits per heavy atom. The molecule has 2 rings (SSSR count). The Morgan fingerprint density at radius 1 is 1.24 bits per heavy atom. The fraction of sp³-hybridized carbons (Fsp3) is 0.267. The van der Waals surface area contributed by atoms with E-state index in [-0.39, 0.29) is 16.9 Å². The average Bonchev–Trinajstić information content (AvgIpc) is 2.40. The molecule has 0 aliphatic heterocycles. The number of pyridine rings is 1. The summed E-state index contributed by atoms with van der Waals surface area (Å²) in [6.07, 6.45) is 1.53. The summed E-state index contributed by atoms with van der Waals surface area (Å²) in [5, 5.41) is 14.0. The van der Waals surface area contributed by atoms with E-state index in [0.29, 0.717) is 4.47 Å². The molecule has 0 unspecified atom stereocenters. The van der Waals surface area contributed by atoms with Crippen molar-refractivity contribution in [3.05, 3.63) is 56.7 Å². The van der Waals surface area contributed by atoms with E-state index < -0.39 is 4.92 Å². The van der Waals surface area contributed by atoms with Gasteiger partial charge in [-0.05, 0) is 39.0 Å². The zero-order valence-corrected chi connectivity index (χ0v) is 13.6. The van der Waals surface area contributed by atoms with E-state index in [4.69, 9.17) is 0 Å². The van der Waals surface area contributed by atoms with Crippen LogP contribution in [0, 0.1) is 10.1 Å². The third-order valence-electron chi connectivity index (χ3n) is 3.04. The van der Waals surface area contributed by atoms with Gasteiger partial charge in [0.25, 0.3) is 0 Å². The Bertz CT molecular complexity index is 664. The van der Waals surface area contributed by atoms with Crippen LogP contribution in [0.4, 0.5) is 17.2 Å². The predicted molar refractivity (Wildman–Crippen MR) is 87.0 cm³/mol. The molecule has 0 fully saturated rings. The summed E-state index contributed by atoms with van der Waals surface area (Å²) in [6, 6.07) is 9.24. The number of hydrogen-bond donors (Lipinski definition) is 1. The van der Waals surface area contributed by atoms with Crippen LogP contribution in [-0.2, 0) is 5.41 Å². The van der Waals surface area contributed by atoms with Gasteiger partial charge in [0.2, 0.25) is 5.82 Å². The summed E-state index contributed by atoms with van der Waals surface area (Å²) < 4.78 is 0.572. The van der Waals surface area contributed by atoms with Crippen molar-refractivity contribution in [2.24, 2.45) is 0 Å². The van der Waals surface area contributed by atoms with Gasteiger partial charge in [-0.1, -0.05) is 32.9 Å². The van der Waals surface area contributed by atoms with Gasteiger partial charge in [0, 0.05) is 22.4 Å². The Hall–Kier alpha value is -1.95. The van der Waals surface area contributed by atoms with Gasteiger partial charge < -0.3 is 5.32 Å². The predicted octanol–water partition coefficient (Wildman–Crippen LogP) is 4.79. The Labute approximate surface area is 131 Å². The van der Waals surface area contributed by atoms with Crippen LogP contribution in [0.3, 0.4) is 0 Å². The maximum Gasteiger partial charge on any atom is 0.312 e. The highest BCUT2D eigenvalue weighted by atomic mass is 79.9. The lowest BCUT2D eigenvalue weighted by Gasteiger charge is -2.19. The van der Waals surface area contributed by atoms with Crippen molar-refractivity contribution in [2.45, 2.75) is 26.2 Å². The highest BCUT2D eigenvalue weighted by molar-refractivity contribution is 9.10. The summed E-state index contributed by atoms with van der Waals surface area (Å²) in [4.78, 5) is 14.7. The van der Waals surface area contributed by atoms with Crippen LogP contribution in [0.2, 0.25) is 0 Å². The minimum atomic E-state index is -0.455. The lowest BCUT2D eigenvalue weighted by atomic mass is 9.87. The molecule has 5 nitrogen and oxygen atoms in total. The first-order valence-electron chi connectivity index (χ1n) is 6.45. The molecule has 0 spiro atoms. The van der Waals surface area contributed by atoms with Crippen LogP contribution in [0.15, 0.2) is 41.0 Å². The zero-order chi connectivity index (χ0) is 15.6. The monoisotopic (exact) mass is 349 g/mol. The first-order chi connectivity index (χ1) is 9.77. The van der Waals surface area contributed by atoms with Crippen LogP contribution in [-0.4, -0.2) is 9.91 Å². The molecule has 1 heterocycles. The summed E-state index contributed by atoms with van der Waals surface area (Å²) in [7, 11) is 0. The van der Waals surface area contributed by atoms with Gasteiger partial charge in [-0.2, -0.15) is 0 Å². The third-order valence-corrected chi connectivity index (χ3v) is 3.48. The number of aromatic nitrogens is 1. The smallest absolute Gasteiger partial charge is 0.312 e. The molecule has 1 aromatic carbocycles. The second kappa shape index (κ2) is 5.81. The van der Waals surface area contributed by atoms with E-state index in [1.54, 1.807) is 0 Å².